The maximum atomic E-state index is 13.4. The summed E-state index contributed by atoms with van der Waals surface area (Å²) in [4.78, 5) is 8.49. The third kappa shape index (κ3) is 5.27. The zero-order valence-electron chi connectivity index (χ0n) is 21.1. The first-order valence-electron chi connectivity index (χ1n) is 12.7. The van der Waals surface area contributed by atoms with E-state index in [1.54, 1.807) is 11.9 Å². The van der Waals surface area contributed by atoms with E-state index in [4.69, 9.17) is 4.98 Å². The first kappa shape index (κ1) is 25.9. The van der Waals surface area contributed by atoms with E-state index in [1.165, 1.54) is 0 Å². The fourth-order valence-corrected chi connectivity index (χ4v) is 8.15. The molecular weight excluding hydrogens is 583 g/mol. The van der Waals surface area contributed by atoms with E-state index in [0.717, 1.165) is 79.5 Å². The molecule has 2 saturated carbocycles. The van der Waals surface area contributed by atoms with E-state index in [-0.39, 0.29) is 15.4 Å². The van der Waals surface area contributed by atoms with Gasteiger partial charge in [-0.05, 0) is 0 Å². The van der Waals surface area contributed by atoms with Crippen LogP contribution in [0.25, 0.3) is 15.9 Å². The molecule has 200 valence electrons. The molecular formula is C24H31F2N7OS2Se. The van der Waals surface area contributed by atoms with Crippen LogP contribution in [0.1, 0.15) is 69.1 Å². The van der Waals surface area contributed by atoms with Crippen molar-refractivity contribution in [3.8, 4) is 10.3 Å². The number of imidazole rings is 1. The summed E-state index contributed by atoms with van der Waals surface area (Å²) in [7, 11) is -0.990. The molecule has 0 aromatic carbocycles. The number of hydrogen-bond acceptors (Lipinski definition) is 7. The van der Waals surface area contributed by atoms with Gasteiger partial charge in [0.05, 0.1) is 0 Å². The van der Waals surface area contributed by atoms with Crippen LogP contribution in [0.5, 0.6) is 0 Å². The molecule has 1 atom stereocenters. The molecule has 1 saturated heterocycles. The van der Waals surface area contributed by atoms with Crippen molar-refractivity contribution in [1.29, 1.82) is 0 Å². The van der Waals surface area contributed by atoms with E-state index in [1.807, 2.05) is 13.8 Å². The van der Waals surface area contributed by atoms with Crippen LogP contribution >= 0.6 is 11.9 Å². The van der Waals surface area contributed by atoms with E-state index < -0.39 is 31.9 Å². The molecule has 0 bridgehead atoms. The number of pyridine rings is 1. The number of anilines is 1. The molecule has 0 radical (unpaired) electrons. The van der Waals surface area contributed by atoms with Gasteiger partial charge in [-0.3, -0.25) is 0 Å². The van der Waals surface area contributed by atoms with Gasteiger partial charge in [0.2, 0.25) is 0 Å². The van der Waals surface area contributed by atoms with Crippen molar-refractivity contribution < 1.29 is 13.0 Å². The zero-order valence-corrected chi connectivity index (χ0v) is 24.5. The second-order valence-electron chi connectivity index (χ2n) is 10.6. The van der Waals surface area contributed by atoms with Crippen LogP contribution in [0.3, 0.4) is 0 Å². The number of hydrogen-bond donors (Lipinski definition) is 1. The second kappa shape index (κ2) is 9.98. The molecule has 1 aliphatic heterocycles. The Labute approximate surface area is 228 Å². The molecule has 3 aromatic heterocycles. The van der Waals surface area contributed by atoms with Gasteiger partial charge >= 0.3 is 229 Å². The van der Waals surface area contributed by atoms with Crippen LogP contribution < -0.4 is 9.62 Å². The number of aromatic nitrogens is 4. The fraction of sp³-hybridized carbons (Fsp3) is 0.625. The average Bonchev–Trinajstić information content (AvgIpc) is 3.77. The second-order valence-corrected chi connectivity index (χ2v) is 15.6. The first-order valence-corrected chi connectivity index (χ1v) is 16.4. The number of fused-ring (bicyclic) bond motifs is 1. The van der Waals surface area contributed by atoms with Crippen molar-refractivity contribution in [1.82, 2.24) is 28.6 Å². The first-order chi connectivity index (χ1) is 17.7. The Morgan fingerprint density at radius 1 is 1.19 bits per heavy atom. The van der Waals surface area contributed by atoms with Crippen LogP contribution in [-0.2, 0) is 11.0 Å². The zero-order chi connectivity index (χ0) is 25.9. The average molecular weight is 615 g/mol. The fourth-order valence-electron chi connectivity index (χ4n) is 4.56. The number of halogens is 2. The Bertz CT molecular complexity index is 1330. The molecule has 3 aliphatic rings. The quantitative estimate of drug-likeness (QED) is 0.289. The van der Waals surface area contributed by atoms with Gasteiger partial charge in [-0.2, -0.15) is 0 Å². The minimum atomic E-state index is -2.58. The summed E-state index contributed by atoms with van der Waals surface area (Å²) >= 11 is 0.993. The van der Waals surface area contributed by atoms with E-state index in [9.17, 15) is 13.0 Å². The Balaban J connectivity index is 1.42. The van der Waals surface area contributed by atoms with Gasteiger partial charge in [0.15, 0.2) is 0 Å². The number of rotatable bonds is 9. The monoisotopic (exact) mass is 615 g/mol. The van der Waals surface area contributed by atoms with Gasteiger partial charge in [-0.1, -0.05) is 0 Å². The molecule has 0 amide bonds. The van der Waals surface area contributed by atoms with Crippen LogP contribution in [0.15, 0.2) is 17.2 Å². The predicted octanol–water partition coefficient (Wildman–Crippen LogP) is 4.01. The third-order valence-corrected chi connectivity index (χ3v) is 11.8. The van der Waals surface area contributed by atoms with Crippen LogP contribution in [0.4, 0.5) is 14.5 Å². The molecule has 0 spiro atoms. The van der Waals surface area contributed by atoms with Crippen LogP contribution in [0, 0.1) is 0 Å². The van der Waals surface area contributed by atoms with Crippen molar-refractivity contribution in [2.24, 2.45) is 0 Å². The molecule has 37 heavy (non-hydrogen) atoms. The summed E-state index contributed by atoms with van der Waals surface area (Å²) in [5.41, 5.74) is 3.81. The Morgan fingerprint density at radius 3 is 2.51 bits per heavy atom. The van der Waals surface area contributed by atoms with Gasteiger partial charge in [0.25, 0.3) is 0 Å². The minimum absolute atomic E-state index is 0.0956. The van der Waals surface area contributed by atoms with E-state index in [2.05, 4.69) is 47.7 Å². The van der Waals surface area contributed by atoms with Gasteiger partial charge in [0.1, 0.15) is 0 Å². The van der Waals surface area contributed by atoms with Gasteiger partial charge in [-0.15, -0.1) is 0 Å². The number of alkyl halides is 2. The van der Waals surface area contributed by atoms with Crippen LogP contribution in [0.2, 0.25) is 0 Å². The topological polar surface area (TPSA) is 78.7 Å². The van der Waals surface area contributed by atoms with Crippen molar-refractivity contribution in [3.63, 3.8) is 0 Å². The summed E-state index contributed by atoms with van der Waals surface area (Å²) in [6.45, 7) is 9.13. The van der Waals surface area contributed by atoms with E-state index >= 15 is 0 Å². The SMILES string of the molecule is CC(C)S(=O)N1CCN(c2cc(SNC3(C)CC3)cn3c(-c4nnc(C(F)F)[se]4)c(C4CC4)nc23)CC1. The molecule has 1 unspecified atom stereocenters. The van der Waals surface area contributed by atoms with Crippen molar-refractivity contribution in [2.45, 2.75) is 74.5 Å². The predicted molar refractivity (Wildman–Crippen MR) is 144 cm³/mol. The van der Waals surface area contributed by atoms with Crippen molar-refractivity contribution in [3.05, 3.63) is 22.5 Å². The third-order valence-electron chi connectivity index (χ3n) is 7.15. The summed E-state index contributed by atoms with van der Waals surface area (Å²) < 4.78 is 47.7. The Hall–Kier alpha value is -1.37. The van der Waals surface area contributed by atoms with Gasteiger partial charge < -0.3 is 0 Å². The van der Waals surface area contributed by atoms with E-state index in [0.29, 0.717) is 10.5 Å². The van der Waals surface area contributed by atoms with Crippen molar-refractivity contribution in [2.75, 3.05) is 31.1 Å². The molecule has 3 fully saturated rings. The number of nitrogens with one attached hydrogen (secondary N) is 1. The molecule has 6 rings (SSSR count). The molecule has 8 nitrogen and oxygen atoms in total. The standard InChI is InChI=1S/C24H31F2N7OS2Se/c1-14(2)36(34)32-10-8-31(9-11-32)17-12-16(35-30-24(3)6-7-24)13-33-19(18(15-4-5-15)27-21(17)33)22-28-29-23(37-22)20(25)26/h12-15,20,30H,4-11H2,1-3H3. The number of nitrogens with zero attached hydrogens (tertiary/aromatic N) is 6. The van der Waals surface area contributed by atoms with Gasteiger partial charge in [-0.25, -0.2) is 0 Å². The molecule has 13 heteroatoms. The Kier molecular flexibility index (Phi) is 6.98. The molecule has 4 heterocycles. The summed E-state index contributed by atoms with van der Waals surface area (Å²) in [5.74, 6) is 0.335. The number of piperazine rings is 1. The normalized spacial score (nSPS) is 20.9. The molecule has 1 N–H and O–H groups in total. The maximum absolute atomic E-state index is 13.4. The van der Waals surface area contributed by atoms with Gasteiger partial charge in [0, 0.05) is 0 Å². The molecule has 2 aliphatic carbocycles. The van der Waals surface area contributed by atoms with Crippen LogP contribution in [-0.4, -0.2) is 79.6 Å². The summed E-state index contributed by atoms with van der Waals surface area (Å²) in [6, 6.07) is 2.18. The summed E-state index contributed by atoms with van der Waals surface area (Å²) in [6.07, 6.45) is 3.90. The Morgan fingerprint density at radius 2 is 1.92 bits per heavy atom. The summed E-state index contributed by atoms with van der Waals surface area (Å²) in [5, 5.41) is 8.16. The van der Waals surface area contributed by atoms with Crippen molar-refractivity contribution >= 4 is 48.8 Å². The molecule has 3 aromatic rings.